The van der Waals surface area contributed by atoms with Gasteiger partial charge in [0.15, 0.2) is 0 Å². The number of hydrogen-bond donors (Lipinski definition) is 0. The zero-order valence-corrected chi connectivity index (χ0v) is 12.1. The number of benzene rings is 1. The van der Waals surface area contributed by atoms with E-state index in [2.05, 4.69) is 38.1 Å². The van der Waals surface area contributed by atoms with Crippen LogP contribution in [0.2, 0.25) is 0 Å². The van der Waals surface area contributed by atoms with Crippen molar-refractivity contribution >= 4 is 6.21 Å². The molecule has 0 aliphatic heterocycles. The second-order valence-corrected chi connectivity index (χ2v) is 4.81. The van der Waals surface area contributed by atoms with Gasteiger partial charge in [0.1, 0.15) is 6.61 Å². The van der Waals surface area contributed by atoms with Crippen LogP contribution in [0.15, 0.2) is 58.8 Å². The van der Waals surface area contributed by atoms with Crippen molar-refractivity contribution in [2.45, 2.75) is 33.6 Å². The van der Waals surface area contributed by atoms with Gasteiger partial charge >= 0.3 is 0 Å². The van der Waals surface area contributed by atoms with Gasteiger partial charge in [0.2, 0.25) is 0 Å². The highest BCUT2D eigenvalue weighted by Gasteiger charge is 1.89. The molecule has 0 heterocycles. The molecule has 102 valence electrons. The lowest BCUT2D eigenvalue weighted by molar-refractivity contribution is 0.176. The molecule has 0 radical (unpaired) electrons. The van der Waals surface area contributed by atoms with E-state index in [1.165, 1.54) is 11.1 Å². The molecule has 0 saturated heterocycles. The van der Waals surface area contributed by atoms with Crippen LogP contribution < -0.4 is 0 Å². The molecule has 0 unspecified atom stereocenters. The molecular weight excluding hydrogens is 234 g/mol. The lowest BCUT2D eigenvalue weighted by Crippen LogP contribution is -1.87. The van der Waals surface area contributed by atoms with Gasteiger partial charge < -0.3 is 4.84 Å². The second kappa shape index (κ2) is 9.15. The van der Waals surface area contributed by atoms with E-state index < -0.39 is 0 Å². The molecule has 1 aromatic rings. The van der Waals surface area contributed by atoms with E-state index in [0.717, 1.165) is 18.4 Å². The number of rotatable bonds is 7. The van der Waals surface area contributed by atoms with Crippen LogP contribution in [0.5, 0.6) is 0 Å². The Bertz CT molecular complexity index is 440. The number of nitrogens with zero attached hydrogens (tertiary/aromatic N) is 1. The van der Waals surface area contributed by atoms with Gasteiger partial charge in [0.05, 0.1) is 6.21 Å². The monoisotopic (exact) mass is 257 g/mol. The van der Waals surface area contributed by atoms with E-state index in [0.29, 0.717) is 6.61 Å². The van der Waals surface area contributed by atoms with E-state index in [9.17, 15) is 0 Å². The van der Waals surface area contributed by atoms with Crippen LogP contribution in [-0.4, -0.2) is 12.8 Å². The van der Waals surface area contributed by atoms with Crippen LogP contribution in [0, 0.1) is 0 Å². The first-order chi connectivity index (χ1) is 9.18. The second-order valence-electron chi connectivity index (χ2n) is 4.81. The lowest BCUT2D eigenvalue weighted by atomic mass is 10.1. The van der Waals surface area contributed by atoms with E-state index in [4.69, 9.17) is 4.84 Å². The van der Waals surface area contributed by atoms with Gasteiger partial charge in [0.25, 0.3) is 0 Å². The van der Waals surface area contributed by atoms with Gasteiger partial charge in [-0.3, -0.25) is 0 Å². The van der Waals surface area contributed by atoms with Crippen molar-refractivity contribution in [1.82, 2.24) is 0 Å². The summed E-state index contributed by atoms with van der Waals surface area (Å²) >= 11 is 0. The fraction of sp³-hybridized carbons (Fsp3) is 0.353. The van der Waals surface area contributed by atoms with Gasteiger partial charge in [-0.2, -0.15) is 0 Å². The molecule has 2 heteroatoms. The molecule has 0 aliphatic rings. The molecule has 19 heavy (non-hydrogen) atoms. The standard InChI is InChI=1S/C17H23NO/c1-15(2)8-7-9-16(3)12-13-19-18-14-17-10-5-4-6-11-17/h4-6,8,10-12,14H,7,9,13H2,1-3H3/b16-12+,18-14?. The summed E-state index contributed by atoms with van der Waals surface area (Å²) < 4.78 is 0. The van der Waals surface area contributed by atoms with Crippen molar-refractivity contribution in [3.63, 3.8) is 0 Å². The summed E-state index contributed by atoms with van der Waals surface area (Å²) in [5, 5.41) is 3.94. The molecule has 0 saturated carbocycles. The highest BCUT2D eigenvalue weighted by molar-refractivity contribution is 5.78. The summed E-state index contributed by atoms with van der Waals surface area (Å²) in [7, 11) is 0. The Morgan fingerprint density at radius 3 is 2.53 bits per heavy atom. The Balaban J connectivity index is 2.22. The van der Waals surface area contributed by atoms with E-state index >= 15 is 0 Å². The fourth-order valence-electron chi connectivity index (χ4n) is 1.55. The van der Waals surface area contributed by atoms with Crippen LogP contribution in [0.3, 0.4) is 0 Å². The van der Waals surface area contributed by atoms with Gasteiger partial charge in [-0.05, 0) is 45.3 Å². The first kappa shape index (κ1) is 15.2. The maximum absolute atomic E-state index is 5.21. The molecule has 0 amide bonds. The van der Waals surface area contributed by atoms with Crippen LogP contribution in [-0.2, 0) is 4.84 Å². The summed E-state index contributed by atoms with van der Waals surface area (Å²) in [6.45, 7) is 6.91. The SMILES string of the molecule is CC(C)=CCC/C(C)=C/CON=Cc1ccccc1. The third-order valence-electron chi connectivity index (χ3n) is 2.67. The van der Waals surface area contributed by atoms with Crippen molar-refractivity contribution in [2.24, 2.45) is 5.16 Å². The van der Waals surface area contributed by atoms with E-state index in [1.807, 2.05) is 30.3 Å². The molecule has 0 N–H and O–H groups in total. The summed E-state index contributed by atoms with van der Waals surface area (Å²) in [5.74, 6) is 0. The molecule has 0 aromatic heterocycles. The van der Waals surface area contributed by atoms with Crippen molar-refractivity contribution in [2.75, 3.05) is 6.61 Å². The molecule has 0 spiro atoms. The molecule has 0 bridgehead atoms. The normalized spacial score (nSPS) is 11.6. The maximum atomic E-state index is 5.21. The van der Waals surface area contributed by atoms with Gasteiger partial charge in [0, 0.05) is 0 Å². The predicted molar refractivity (Wildman–Crippen MR) is 82.4 cm³/mol. The first-order valence-corrected chi connectivity index (χ1v) is 6.68. The highest BCUT2D eigenvalue weighted by Crippen LogP contribution is 2.06. The average Bonchev–Trinajstić information content (AvgIpc) is 2.39. The van der Waals surface area contributed by atoms with Gasteiger partial charge in [-0.25, -0.2) is 0 Å². The van der Waals surface area contributed by atoms with E-state index in [-0.39, 0.29) is 0 Å². The van der Waals surface area contributed by atoms with Crippen molar-refractivity contribution in [1.29, 1.82) is 0 Å². The quantitative estimate of drug-likeness (QED) is 0.299. The zero-order valence-electron chi connectivity index (χ0n) is 12.1. The van der Waals surface area contributed by atoms with Gasteiger partial charge in [-0.1, -0.05) is 52.7 Å². The molecular formula is C17H23NO. The zero-order chi connectivity index (χ0) is 13.9. The molecule has 0 fully saturated rings. The number of oxime groups is 1. The maximum Gasteiger partial charge on any atom is 0.135 e. The predicted octanol–water partition coefficient (Wildman–Crippen LogP) is 4.73. The Morgan fingerprint density at radius 2 is 1.84 bits per heavy atom. The number of hydrogen-bond acceptors (Lipinski definition) is 2. The molecule has 1 aromatic carbocycles. The van der Waals surface area contributed by atoms with Crippen LogP contribution in [0.4, 0.5) is 0 Å². The highest BCUT2D eigenvalue weighted by atomic mass is 16.6. The molecule has 2 nitrogen and oxygen atoms in total. The van der Waals surface area contributed by atoms with Crippen LogP contribution >= 0.6 is 0 Å². The van der Waals surface area contributed by atoms with Crippen molar-refractivity contribution in [3.8, 4) is 0 Å². The van der Waals surface area contributed by atoms with Crippen molar-refractivity contribution < 1.29 is 4.84 Å². The summed E-state index contributed by atoms with van der Waals surface area (Å²) in [4.78, 5) is 5.21. The minimum absolute atomic E-state index is 0.532. The smallest absolute Gasteiger partial charge is 0.135 e. The van der Waals surface area contributed by atoms with Crippen molar-refractivity contribution in [3.05, 3.63) is 59.2 Å². The topological polar surface area (TPSA) is 21.6 Å². The lowest BCUT2D eigenvalue weighted by Gasteiger charge is -1.99. The Labute approximate surface area is 116 Å². The molecule has 0 atom stereocenters. The summed E-state index contributed by atoms with van der Waals surface area (Å²) in [5.41, 5.74) is 3.76. The largest absolute Gasteiger partial charge is 0.392 e. The minimum Gasteiger partial charge on any atom is -0.392 e. The minimum atomic E-state index is 0.532. The Kier molecular flexibility index (Phi) is 7.33. The molecule has 1 rings (SSSR count). The third-order valence-corrected chi connectivity index (χ3v) is 2.67. The third kappa shape index (κ3) is 7.98. The summed E-state index contributed by atoms with van der Waals surface area (Å²) in [6.07, 6.45) is 8.24. The Hall–Kier alpha value is -1.83. The number of allylic oxidation sites excluding steroid dienone is 3. The average molecular weight is 257 g/mol. The first-order valence-electron chi connectivity index (χ1n) is 6.68. The van der Waals surface area contributed by atoms with Gasteiger partial charge in [-0.15, -0.1) is 0 Å². The Morgan fingerprint density at radius 1 is 1.11 bits per heavy atom. The summed E-state index contributed by atoms with van der Waals surface area (Å²) in [6, 6.07) is 9.93. The van der Waals surface area contributed by atoms with Crippen LogP contribution in [0.25, 0.3) is 0 Å². The molecule has 0 aliphatic carbocycles. The van der Waals surface area contributed by atoms with Crippen LogP contribution in [0.1, 0.15) is 39.2 Å². The van der Waals surface area contributed by atoms with E-state index in [1.54, 1.807) is 6.21 Å². The fourth-order valence-corrected chi connectivity index (χ4v) is 1.55.